The maximum atomic E-state index is 12.8. The molecule has 2 amide bonds. The van der Waals surface area contributed by atoms with Crippen molar-refractivity contribution in [2.24, 2.45) is 0 Å². The van der Waals surface area contributed by atoms with Gasteiger partial charge in [-0.15, -0.1) is 0 Å². The molecular formula is C18H11NO4. The highest BCUT2D eigenvalue weighted by molar-refractivity contribution is 6.35. The first-order valence-corrected chi connectivity index (χ1v) is 7.00. The van der Waals surface area contributed by atoms with Crippen LogP contribution in [0.4, 0.5) is 5.69 Å². The zero-order valence-electron chi connectivity index (χ0n) is 11.9. The third kappa shape index (κ3) is 1.80. The van der Waals surface area contributed by atoms with Crippen molar-refractivity contribution in [3.8, 4) is 11.5 Å². The number of imide groups is 1. The van der Waals surface area contributed by atoms with E-state index in [1.54, 1.807) is 24.3 Å². The Kier molecular flexibility index (Phi) is 2.65. The molecule has 0 fully saturated rings. The van der Waals surface area contributed by atoms with Crippen molar-refractivity contribution in [3.05, 3.63) is 65.7 Å². The van der Waals surface area contributed by atoms with Crippen LogP contribution in [0.15, 0.2) is 54.6 Å². The number of aromatic hydroxyl groups is 2. The van der Waals surface area contributed by atoms with Crippen molar-refractivity contribution in [1.82, 2.24) is 0 Å². The summed E-state index contributed by atoms with van der Waals surface area (Å²) in [5.41, 5.74) is 1.08. The van der Waals surface area contributed by atoms with Crippen molar-refractivity contribution in [3.63, 3.8) is 0 Å². The third-order valence-electron chi connectivity index (χ3n) is 3.99. The van der Waals surface area contributed by atoms with Crippen LogP contribution in [0, 0.1) is 0 Å². The van der Waals surface area contributed by atoms with Gasteiger partial charge in [0.1, 0.15) is 0 Å². The van der Waals surface area contributed by atoms with E-state index in [0.29, 0.717) is 16.5 Å². The molecule has 0 radical (unpaired) electrons. The lowest BCUT2D eigenvalue weighted by Gasteiger charge is -2.27. The van der Waals surface area contributed by atoms with Gasteiger partial charge in [0.15, 0.2) is 11.5 Å². The zero-order chi connectivity index (χ0) is 16.1. The van der Waals surface area contributed by atoms with Crippen LogP contribution in [-0.4, -0.2) is 22.0 Å². The van der Waals surface area contributed by atoms with E-state index in [4.69, 9.17) is 0 Å². The van der Waals surface area contributed by atoms with Gasteiger partial charge in [-0.1, -0.05) is 24.3 Å². The Bertz CT molecular complexity index is 943. The Morgan fingerprint density at radius 1 is 0.739 bits per heavy atom. The number of rotatable bonds is 1. The maximum absolute atomic E-state index is 12.8. The van der Waals surface area contributed by atoms with Crippen LogP contribution < -0.4 is 4.90 Å². The molecule has 0 unspecified atom stereocenters. The van der Waals surface area contributed by atoms with Gasteiger partial charge in [-0.2, -0.15) is 0 Å². The minimum absolute atomic E-state index is 0.210. The van der Waals surface area contributed by atoms with Gasteiger partial charge in [0.25, 0.3) is 11.8 Å². The van der Waals surface area contributed by atoms with E-state index >= 15 is 0 Å². The van der Waals surface area contributed by atoms with Gasteiger partial charge in [-0.3, -0.25) is 9.59 Å². The Balaban J connectivity index is 1.97. The van der Waals surface area contributed by atoms with Gasteiger partial charge in [0, 0.05) is 22.6 Å². The number of hydrogen-bond acceptors (Lipinski definition) is 4. The molecule has 0 saturated carbocycles. The van der Waals surface area contributed by atoms with Crippen LogP contribution in [0.25, 0.3) is 10.8 Å². The van der Waals surface area contributed by atoms with Crippen molar-refractivity contribution in [2.75, 3.05) is 4.90 Å². The third-order valence-corrected chi connectivity index (χ3v) is 3.99. The van der Waals surface area contributed by atoms with Gasteiger partial charge in [-0.05, 0) is 29.7 Å². The Morgan fingerprint density at radius 3 is 1.91 bits per heavy atom. The summed E-state index contributed by atoms with van der Waals surface area (Å²) in [4.78, 5) is 26.6. The van der Waals surface area contributed by atoms with Crippen LogP contribution in [0.1, 0.15) is 20.7 Å². The Hall–Kier alpha value is -3.34. The number of benzene rings is 3. The molecule has 0 aliphatic carbocycles. The molecule has 0 atom stereocenters. The summed E-state index contributed by atoms with van der Waals surface area (Å²) >= 11 is 0. The molecule has 0 spiro atoms. The zero-order valence-corrected chi connectivity index (χ0v) is 11.9. The Morgan fingerprint density at radius 2 is 1.35 bits per heavy atom. The second-order valence-electron chi connectivity index (χ2n) is 5.33. The first kappa shape index (κ1) is 13.3. The minimum Gasteiger partial charge on any atom is -0.504 e. The molecule has 3 aromatic rings. The molecule has 2 N–H and O–H groups in total. The summed E-state index contributed by atoms with van der Waals surface area (Å²) in [5, 5.41) is 20.5. The van der Waals surface area contributed by atoms with E-state index in [0.717, 1.165) is 10.3 Å². The van der Waals surface area contributed by atoms with E-state index in [-0.39, 0.29) is 17.2 Å². The van der Waals surface area contributed by atoms with E-state index in [2.05, 4.69) is 0 Å². The number of hydrogen-bond donors (Lipinski definition) is 2. The Labute approximate surface area is 131 Å². The average molecular weight is 305 g/mol. The molecule has 23 heavy (non-hydrogen) atoms. The number of anilines is 1. The molecule has 1 aliphatic heterocycles. The van der Waals surface area contributed by atoms with Crippen LogP contribution in [0.3, 0.4) is 0 Å². The van der Waals surface area contributed by atoms with E-state index in [1.807, 2.05) is 12.1 Å². The first-order valence-electron chi connectivity index (χ1n) is 7.00. The second kappa shape index (κ2) is 4.58. The highest BCUT2D eigenvalue weighted by Crippen LogP contribution is 2.35. The molecule has 1 aliphatic rings. The summed E-state index contributed by atoms with van der Waals surface area (Å²) in [5.74, 6) is -1.61. The van der Waals surface area contributed by atoms with Crippen LogP contribution in [0.5, 0.6) is 11.5 Å². The molecule has 0 bridgehead atoms. The van der Waals surface area contributed by atoms with Crippen LogP contribution in [0.2, 0.25) is 0 Å². The summed E-state index contributed by atoms with van der Waals surface area (Å²) in [6, 6.07) is 14.4. The maximum Gasteiger partial charge on any atom is 0.265 e. The first-order chi connectivity index (χ1) is 11.1. The predicted octanol–water partition coefficient (Wildman–Crippen LogP) is 3.05. The lowest BCUT2D eigenvalue weighted by Crippen LogP contribution is -2.40. The summed E-state index contributed by atoms with van der Waals surface area (Å²) < 4.78 is 0. The van der Waals surface area contributed by atoms with Gasteiger partial charge in [-0.25, -0.2) is 4.90 Å². The molecule has 5 nitrogen and oxygen atoms in total. The van der Waals surface area contributed by atoms with E-state index in [9.17, 15) is 19.8 Å². The largest absolute Gasteiger partial charge is 0.504 e. The highest BCUT2D eigenvalue weighted by atomic mass is 16.3. The molecule has 0 saturated heterocycles. The molecular weight excluding hydrogens is 294 g/mol. The normalized spacial score (nSPS) is 13.7. The number of amides is 2. The summed E-state index contributed by atoms with van der Waals surface area (Å²) in [6.07, 6.45) is 0. The number of carbonyl (C=O) groups is 2. The quantitative estimate of drug-likeness (QED) is 0.535. The molecule has 0 aromatic heterocycles. The van der Waals surface area contributed by atoms with E-state index < -0.39 is 11.8 Å². The highest BCUT2D eigenvalue weighted by Gasteiger charge is 2.34. The van der Waals surface area contributed by atoms with Crippen LogP contribution >= 0.6 is 0 Å². The second-order valence-corrected chi connectivity index (χ2v) is 5.33. The molecule has 112 valence electrons. The smallest absolute Gasteiger partial charge is 0.265 e. The SMILES string of the molecule is O=C1c2cccc3cccc(c23)C(=O)N1c1ccc(O)c(O)c1. The van der Waals surface area contributed by atoms with Crippen molar-refractivity contribution < 1.29 is 19.8 Å². The fourth-order valence-electron chi connectivity index (χ4n) is 2.92. The van der Waals surface area contributed by atoms with E-state index in [1.165, 1.54) is 18.2 Å². The van der Waals surface area contributed by atoms with Crippen molar-refractivity contribution in [1.29, 1.82) is 0 Å². The van der Waals surface area contributed by atoms with Gasteiger partial charge < -0.3 is 10.2 Å². The number of carbonyl (C=O) groups excluding carboxylic acids is 2. The van der Waals surface area contributed by atoms with Gasteiger partial charge in [0.2, 0.25) is 0 Å². The summed E-state index contributed by atoms with van der Waals surface area (Å²) in [7, 11) is 0. The lowest BCUT2D eigenvalue weighted by molar-refractivity contribution is 0.0893. The monoisotopic (exact) mass is 305 g/mol. The minimum atomic E-state index is -0.454. The number of nitrogens with zero attached hydrogens (tertiary/aromatic N) is 1. The molecule has 1 heterocycles. The number of phenolic OH excluding ortho intramolecular Hbond substituents is 2. The van der Waals surface area contributed by atoms with Crippen molar-refractivity contribution in [2.45, 2.75) is 0 Å². The van der Waals surface area contributed by atoms with Gasteiger partial charge in [0.05, 0.1) is 5.69 Å². The fraction of sp³-hybridized carbons (Fsp3) is 0. The fourth-order valence-corrected chi connectivity index (χ4v) is 2.92. The standard InChI is InChI=1S/C18H11NO4/c20-14-8-7-11(9-15(14)21)19-17(22)12-5-1-3-10-4-2-6-13(16(10)12)18(19)23/h1-9,20-21H. The van der Waals surface area contributed by atoms with Gasteiger partial charge >= 0.3 is 0 Å². The summed E-state index contributed by atoms with van der Waals surface area (Å²) in [6.45, 7) is 0. The van der Waals surface area contributed by atoms with Crippen LogP contribution in [-0.2, 0) is 0 Å². The average Bonchev–Trinajstić information content (AvgIpc) is 2.56. The number of phenols is 2. The molecule has 5 heteroatoms. The van der Waals surface area contributed by atoms with Crippen molar-refractivity contribution >= 4 is 28.3 Å². The topological polar surface area (TPSA) is 77.8 Å². The molecule has 3 aromatic carbocycles. The predicted molar refractivity (Wildman–Crippen MR) is 84.9 cm³/mol. The molecule has 4 rings (SSSR count). The lowest BCUT2D eigenvalue weighted by atomic mass is 9.94.